The van der Waals surface area contributed by atoms with Crippen LogP contribution in [0.5, 0.6) is 0 Å². The standard InChI is InChI=1S/C15H16N6O2S/c1-9-8-24-15(17-9)13-18-14(23-19-13)10-3-4-12(22)21(6-10)11-5-16-20(2)7-11/h5,7-8,10H,3-4,6H2,1-2H3. The number of amides is 1. The molecule has 1 saturated heterocycles. The molecule has 1 unspecified atom stereocenters. The van der Waals surface area contributed by atoms with E-state index in [-0.39, 0.29) is 11.8 Å². The third kappa shape index (κ3) is 2.71. The summed E-state index contributed by atoms with van der Waals surface area (Å²) < 4.78 is 7.12. The number of piperidine rings is 1. The fourth-order valence-corrected chi connectivity index (χ4v) is 3.51. The lowest BCUT2D eigenvalue weighted by Crippen LogP contribution is -2.39. The molecule has 3 aromatic rings. The summed E-state index contributed by atoms with van der Waals surface area (Å²) >= 11 is 1.49. The van der Waals surface area contributed by atoms with Crippen LogP contribution in [0.25, 0.3) is 10.8 Å². The van der Waals surface area contributed by atoms with Crippen molar-refractivity contribution in [2.24, 2.45) is 7.05 Å². The van der Waals surface area contributed by atoms with Gasteiger partial charge in [-0.05, 0) is 13.3 Å². The van der Waals surface area contributed by atoms with Crippen LogP contribution in [-0.4, -0.2) is 37.4 Å². The molecule has 1 aliphatic heterocycles. The minimum Gasteiger partial charge on any atom is -0.339 e. The van der Waals surface area contributed by atoms with Gasteiger partial charge in [0.2, 0.25) is 17.6 Å². The highest BCUT2D eigenvalue weighted by atomic mass is 32.1. The second kappa shape index (κ2) is 5.82. The predicted octanol–water partition coefficient (Wildman–Crippen LogP) is 2.15. The van der Waals surface area contributed by atoms with Crippen molar-refractivity contribution in [3.63, 3.8) is 0 Å². The first-order valence-corrected chi connectivity index (χ1v) is 8.53. The van der Waals surface area contributed by atoms with Crippen LogP contribution in [-0.2, 0) is 11.8 Å². The number of nitrogens with zero attached hydrogens (tertiary/aromatic N) is 6. The van der Waals surface area contributed by atoms with Gasteiger partial charge >= 0.3 is 0 Å². The maximum Gasteiger partial charge on any atom is 0.231 e. The largest absolute Gasteiger partial charge is 0.339 e. The number of hydrogen-bond acceptors (Lipinski definition) is 7. The van der Waals surface area contributed by atoms with E-state index in [9.17, 15) is 4.79 Å². The predicted molar refractivity (Wildman–Crippen MR) is 87.7 cm³/mol. The van der Waals surface area contributed by atoms with E-state index in [2.05, 4.69) is 20.2 Å². The number of thiazole rings is 1. The Morgan fingerprint density at radius 1 is 1.38 bits per heavy atom. The summed E-state index contributed by atoms with van der Waals surface area (Å²) in [5.74, 6) is 1.17. The molecule has 8 nitrogen and oxygen atoms in total. The lowest BCUT2D eigenvalue weighted by molar-refractivity contribution is -0.119. The molecule has 1 atom stereocenters. The molecular formula is C15H16N6O2S. The van der Waals surface area contributed by atoms with Crippen LogP contribution in [0.2, 0.25) is 0 Å². The smallest absolute Gasteiger partial charge is 0.231 e. The molecule has 0 radical (unpaired) electrons. The Hall–Kier alpha value is -2.55. The second-order valence-corrected chi connectivity index (χ2v) is 6.72. The third-order valence-corrected chi connectivity index (χ3v) is 4.97. The SMILES string of the molecule is Cc1csc(-c2noc(C3CCC(=O)N(c4cnn(C)c4)C3)n2)n1. The normalized spacial score (nSPS) is 18.3. The highest BCUT2D eigenvalue weighted by Gasteiger charge is 2.32. The molecule has 0 aliphatic carbocycles. The highest BCUT2D eigenvalue weighted by molar-refractivity contribution is 7.13. The Morgan fingerprint density at radius 2 is 2.25 bits per heavy atom. The highest BCUT2D eigenvalue weighted by Crippen LogP contribution is 2.31. The molecule has 124 valence electrons. The van der Waals surface area contributed by atoms with E-state index in [1.807, 2.05) is 25.5 Å². The van der Waals surface area contributed by atoms with Crippen molar-refractivity contribution in [1.29, 1.82) is 0 Å². The fraction of sp³-hybridized carbons (Fsp3) is 0.400. The molecule has 3 aromatic heterocycles. The van der Waals surface area contributed by atoms with E-state index in [0.29, 0.717) is 31.1 Å². The topological polar surface area (TPSA) is 89.9 Å². The Bertz CT molecular complexity index is 882. The Balaban J connectivity index is 1.56. The van der Waals surface area contributed by atoms with Crippen LogP contribution < -0.4 is 4.90 Å². The molecule has 1 amide bonds. The second-order valence-electron chi connectivity index (χ2n) is 5.86. The number of rotatable bonds is 3. The van der Waals surface area contributed by atoms with Gasteiger partial charge in [0.05, 0.1) is 17.8 Å². The molecule has 1 fully saturated rings. The van der Waals surface area contributed by atoms with Gasteiger partial charge in [0.1, 0.15) is 0 Å². The van der Waals surface area contributed by atoms with Crippen molar-refractivity contribution in [2.75, 3.05) is 11.4 Å². The molecular weight excluding hydrogens is 328 g/mol. The van der Waals surface area contributed by atoms with Gasteiger partial charge in [-0.3, -0.25) is 9.48 Å². The zero-order chi connectivity index (χ0) is 16.7. The van der Waals surface area contributed by atoms with Gasteiger partial charge in [0.25, 0.3) is 0 Å². The Morgan fingerprint density at radius 3 is 2.96 bits per heavy atom. The third-order valence-electron chi connectivity index (χ3n) is 4.01. The zero-order valence-corrected chi connectivity index (χ0v) is 14.2. The molecule has 4 heterocycles. The Kier molecular flexibility index (Phi) is 3.64. The number of carbonyl (C=O) groups is 1. The summed E-state index contributed by atoms with van der Waals surface area (Å²) in [5, 5.41) is 10.9. The van der Waals surface area contributed by atoms with Crippen molar-refractivity contribution in [3.05, 3.63) is 29.4 Å². The van der Waals surface area contributed by atoms with Crippen molar-refractivity contribution in [1.82, 2.24) is 24.9 Å². The quantitative estimate of drug-likeness (QED) is 0.723. The van der Waals surface area contributed by atoms with E-state index in [0.717, 1.165) is 16.4 Å². The summed E-state index contributed by atoms with van der Waals surface area (Å²) in [5.41, 5.74) is 1.73. The molecule has 0 N–H and O–H groups in total. The van der Waals surface area contributed by atoms with E-state index >= 15 is 0 Å². The summed E-state index contributed by atoms with van der Waals surface area (Å²) in [7, 11) is 1.83. The monoisotopic (exact) mass is 344 g/mol. The Labute approximate surface area is 142 Å². The molecule has 0 bridgehead atoms. The van der Waals surface area contributed by atoms with E-state index < -0.39 is 0 Å². The van der Waals surface area contributed by atoms with Crippen molar-refractivity contribution < 1.29 is 9.32 Å². The van der Waals surface area contributed by atoms with Gasteiger partial charge in [-0.25, -0.2) is 4.98 Å². The maximum atomic E-state index is 12.2. The molecule has 9 heteroatoms. The van der Waals surface area contributed by atoms with Gasteiger partial charge in [0, 0.05) is 37.3 Å². The number of anilines is 1. The van der Waals surface area contributed by atoms with Crippen molar-refractivity contribution in [3.8, 4) is 10.8 Å². The van der Waals surface area contributed by atoms with E-state index in [1.54, 1.807) is 15.8 Å². The number of aryl methyl sites for hydroxylation is 2. The van der Waals surface area contributed by atoms with E-state index in [4.69, 9.17) is 4.52 Å². The maximum absolute atomic E-state index is 12.2. The number of carbonyl (C=O) groups excluding carboxylic acids is 1. The van der Waals surface area contributed by atoms with Crippen molar-refractivity contribution >= 4 is 22.9 Å². The van der Waals surface area contributed by atoms with Gasteiger partial charge in [0.15, 0.2) is 5.01 Å². The fourth-order valence-electron chi connectivity index (χ4n) is 2.79. The number of aromatic nitrogens is 5. The van der Waals surface area contributed by atoms with Gasteiger partial charge in [-0.15, -0.1) is 11.3 Å². The van der Waals surface area contributed by atoms with Crippen LogP contribution in [0.4, 0.5) is 5.69 Å². The van der Waals surface area contributed by atoms with Gasteiger partial charge in [-0.1, -0.05) is 5.16 Å². The molecule has 4 rings (SSSR count). The van der Waals surface area contributed by atoms with Crippen molar-refractivity contribution in [2.45, 2.75) is 25.7 Å². The summed E-state index contributed by atoms with van der Waals surface area (Å²) in [4.78, 5) is 22.8. The minimum atomic E-state index is 0.0187. The summed E-state index contributed by atoms with van der Waals surface area (Å²) in [6.45, 7) is 2.45. The first-order valence-electron chi connectivity index (χ1n) is 7.65. The molecule has 0 spiro atoms. The summed E-state index contributed by atoms with van der Waals surface area (Å²) in [6.07, 6.45) is 4.68. The minimum absolute atomic E-state index is 0.0187. The molecule has 0 saturated carbocycles. The first kappa shape index (κ1) is 15.0. The van der Waals surface area contributed by atoms with Crippen LogP contribution in [0.3, 0.4) is 0 Å². The lowest BCUT2D eigenvalue weighted by atomic mass is 9.97. The lowest BCUT2D eigenvalue weighted by Gasteiger charge is -2.29. The zero-order valence-electron chi connectivity index (χ0n) is 13.3. The number of hydrogen-bond donors (Lipinski definition) is 0. The van der Waals surface area contributed by atoms with E-state index in [1.165, 1.54) is 11.3 Å². The van der Waals surface area contributed by atoms with Crippen LogP contribution >= 0.6 is 11.3 Å². The molecule has 0 aromatic carbocycles. The van der Waals surface area contributed by atoms with Crippen LogP contribution in [0.15, 0.2) is 22.3 Å². The van der Waals surface area contributed by atoms with Gasteiger partial charge < -0.3 is 9.42 Å². The molecule has 24 heavy (non-hydrogen) atoms. The summed E-state index contributed by atoms with van der Waals surface area (Å²) in [6, 6.07) is 0. The van der Waals surface area contributed by atoms with Gasteiger partial charge in [-0.2, -0.15) is 10.1 Å². The average Bonchev–Trinajstić information content (AvgIpc) is 3.28. The van der Waals surface area contributed by atoms with Crippen LogP contribution in [0.1, 0.15) is 30.3 Å². The van der Waals surface area contributed by atoms with Crippen LogP contribution in [0, 0.1) is 6.92 Å². The first-order chi connectivity index (χ1) is 11.6. The molecule has 1 aliphatic rings. The average molecular weight is 344 g/mol.